The Labute approximate surface area is 109 Å². The topological polar surface area (TPSA) is 53.4 Å². The monoisotopic (exact) mass is 250 g/mol. The molecule has 1 rings (SSSR count). The zero-order valence-corrected chi connectivity index (χ0v) is 11.6. The SMILES string of the molecule is CC(Cc1cncc(CN(C)C(C)C)c1)C(=O)O. The van der Waals surface area contributed by atoms with E-state index in [1.807, 2.05) is 12.3 Å². The summed E-state index contributed by atoms with van der Waals surface area (Å²) >= 11 is 0. The van der Waals surface area contributed by atoms with Crippen molar-refractivity contribution < 1.29 is 9.90 Å². The highest BCUT2D eigenvalue weighted by atomic mass is 16.4. The molecular weight excluding hydrogens is 228 g/mol. The highest BCUT2D eigenvalue weighted by Crippen LogP contribution is 2.11. The molecule has 1 aromatic rings. The van der Waals surface area contributed by atoms with E-state index in [0.29, 0.717) is 12.5 Å². The van der Waals surface area contributed by atoms with Gasteiger partial charge in [0.1, 0.15) is 0 Å². The summed E-state index contributed by atoms with van der Waals surface area (Å²) in [4.78, 5) is 17.2. The first-order valence-electron chi connectivity index (χ1n) is 6.26. The van der Waals surface area contributed by atoms with Gasteiger partial charge < -0.3 is 5.11 Å². The zero-order chi connectivity index (χ0) is 13.7. The van der Waals surface area contributed by atoms with Crippen LogP contribution in [0, 0.1) is 5.92 Å². The molecule has 0 saturated carbocycles. The van der Waals surface area contributed by atoms with Crippen LogP contribution < -0.4 is 0 Å². The van der Waals surface area contributed by atoms with Crippen molar-refractivity contribution in [3.05, 3.63) is 29.6 Å². The van der Waals surface area contributed by atoms with E-state index >= 15 is 0 Å². The minimum absolute atomic E-state index is 0.370. The smallest absolute Gasteiger partial charge is 0.306 e. The van der Waals surface area contributed by atoms with Crippen molar-refractivity contribution in [2.24, 2.45) is 5.92 Å². The largest absolute Gasteiger partial charge is 0.481 e. The molecule has 18 heavy (non-hydrogen) atoms. The third kappa shape index (κ3) is 4.45. The van der Waals surface area contributed by atoms with Crippen molar-refractivity contribution in [2.45, 2.75) is 39.8 Å². The lowest BCUT2D eigenvalue weighted by Gasteiger charge is -2.21. The summed E-state index contributed by atoms with van der Waals surface area (Å²) in [5.74, 6) is -1.13. The first-order chi connectivity index (χ1) is 8.40. The Morgan fingerprint density at radius 2 is 1.94 bits per heavy atom. The van der Waals surface area contributed by atoms with Gasteiger partial charge in [-0.1, -0.05) is 13.0 Å². The van der Waals surface area contributed by atoms with Crippen LogP contribution in [0.15, 0.2) is 18.5 Å². The fourth-order valence-electron chi connectivity index (χ4n) is 1.65. The minimum atomic E-state index is -0.764. The van der Waals surface area contributed by atoms with Crippen molar-refractivity contribution >= 4 is 5.97 Å². The van der Waals surface area contributed by atoms with E-state index in [0.717, 1.165) is 17.7 Å². The molecule has 1 aromatic heterocycles. The van der Waals surface area contributed by atoms with E-state index < -0.39 is 5.97 Å². The lowest BCUT2D eigenvalue weighted by atomic mass is 10.0. The molecule has 0 aromatic carbocycles. The second-order valence-corrected chi connectivity index (χ2v) is 5.15. The van der Waals surface area contributed by atoms with Crippen molar-refractivity contribution in [1.29, 1.82) is 0 Å². The molecule has 1 N–H and O–H groups in total. The number of hydrogen-bond acceptors (Lipinski definition) is 3. The van der Waals surface area contributed by atoms with Gasteiger partial charge in [-0.05, 0) is 38.4 Å². The fraction of sp³-hybridized carbons (Fsp3) is 0.571. The predicted molar refractivity (Wildman–Crippen MR) is 71.3 cm³/mol. The molecule has 4 nitrogen and oxygen atoms in total. The van der Waals surface area contributed by atoms with Gasteiger partial charge in [0.05, 0.1) is 5.92 Å². The number of aliphatic carboxylic acids is 1. The van der Waals surface area contributed by atoms with Gasteiger partial charge >= 0.3 is 5.97 Å². The summed E-state index contributed by atoms with van der Waals surface area (Å²) in [6.07, 6.45) is 4.12. The number of pyridine rings is 1. The highest BCUT2D eigenvalue weighted by Gasteiger charge is 2.12. The number of carbonyl (C=O) groups is 1. The van der Waals surface area contributed by atoms with Gasteiger partial charge in [-0.15, -0.1) is 0 Å². The van der Waals surface area contributed by atoms with E-state index in [-0.39, 0.29) is 5.92 Å². The quantitative estimate of drug-likeness (QED) is 0.841. The molecule has 0 radical (unpaired) electrons. The van der Waals surface area contributed by atoms with Crippen LogP contribution in [0.1, 0.15) is 31.9 Å². The summed E-state index contributed by atoms with van der Waals surface area (Å²) in [5.41, 5.74) is 2.11. The highest BCUT2D eigenvalue weighted by molar-refractivity contribution is 5.69. The normalized spacial score (nSPS) is 13.0. The molecule has 0 fully saturated rings. The van der Waals surface area contributed by atoms with E-state index in [4.69, 9.17) is 5.11 Å². The number of hydrogen-bond donors (Lipinski definition) is 1. The van der Waals surface area contributed by atoms with E-state index in [2.05, 4.69) is 30.8 Å². The van der Waals surface area contributed by atoms with Crippen molar-refractivity contribution in [1.82, 2.24) is 9.88 Å². The van der Waals surface area contributed by atoms with Crippen LogP contribution >= 0.6 is 0 Å². The lowest BCUT2D eigenvalue weighted by molar-refractivity contribution is -0.141. The van der Waals surface area contributed by atoms with Gasteiger partial charge in [-0.3, -0.25) is 14.7 Å². The van der Waals surface area contributed by atoms with Crippen LogP contribution in [0.3, 0.4) is 0 Å². The van der Waals surface area contributed by atoms with Crippen molar-refractivity contribution in [3.63, 3.8) is 0 Å². The van der Waals surface area contributed by atoms with E-state index in [1.54, 1.807) is 13.1 Å². The molecule has 100 valence electrons. The Balaban J connectivity index is 2.70. The second-order valence-electron chi connectivity index (χ2n) is 5.15. The van der Waals surface area contributed by atoms with Gasteiger partial charge in [-0.25, -0.2) is 0 Å². The minimum Gasteiger partial charge on any atom is -0.481 e. The van der Waals surface area contributed by atoms with Gasteiger partial charge in [-0.2, -0.15) is 0 Å². The van der Waals surface area contributed by atoms with E-state index in [1.165, 1.54) is 0 Å². The maximum Gasteiger partial charge on any atom is 0.306 e. The molecule has 1 heterocycles. The number of aromatic nitrogens is 1. The van der Waals surface area contributed by atoms with Crippen molar-refractivity contribution in [2.75, 3.05) is 7.05 Å². The lowest BCUT2D eigenvalue weighted by Crippen LogP contribution is -2.25. The standard InChI is InChI=1S/C14H22N2O2/c1-10(2)16(4)9-13-6-12(7-15-8-13)5-11(3)14(17)18/h6-8,10-11H,5,9H2,1-4H3,(H,17,18). The molecule has 0 aliphatic carbocycles. The van der Waals surface area contributed by atoms with Crippen LogP contribution in [0.4, 0.5) is 0 Å². The van der Waals surface area contributed by atoms with Crippen LogP contribution in [0.25, 0.3) is 0 Å². The van der Waals surface area contributed by atoms with Crippen molar-refractivity contribution in [3.8, 4) is 0 Å². The van der Waals surface area contributed by atoms with E-state index in [9.17, 15) is 4.79 Å². The van der Waals surface area contributed by atoms with Crippen LogP contribution in [-0.4, -0.2) is 34.0 Å². The molecule has 0 spiro atoms. The molecule has 0 saturated heterocycles. The second kappa shape index (κ2) is 6.50. The maximum atomic E-state index is 10.8. The van der Waals surface area contributed by atoms with Gasteiger partial charge in [0, 0.05) is 25.0 Å². The average molecular weight is 250 g/mol. The average Bonchev–Trinajstić information content (AvgIpc) is 2.29. The molecule has 0 amide bonds. The molecule has 1 atom stereocenters. The molecule has 0 aliphatic heterocycles. The number of carboxylic acids is 1. The molecule has 4 heteroatoms. The van der Waals surface area contributed by atoms with Gasteiger partial charge in [0.15, 0.2) is 0 Å². The van der Waals surface area contributed by atoms with Crippen LogP contribution in [0.5, 0.6) is 0 Å². The Hall–Kier alpha value is -1.42. The maximum absolute atomic E-state index is 10.8. The summed E-state index contributed by atoms with van der Waals surface area (Å²) in [6.45, 7) is 6.84. The summed E-state index contributed by atoms with van der Waals surface area (Å²) in [5, 5.41) is 8.90. The van der Waals surface area contributed by atoms with Gasteiger partial charge in [0.2, 0.25) is 0 Å². The van der Waals surface area contributed by atoms with Crippen LogP contribution in [0.2, 0.25) is 0 Å². The Kier molecular flexibility index (Phi) is 5.28. The third-order valence-corrected chi connectivity index (χ3v) is 3.13. The Morgan fingerprint density at radius 3 is 2.50 bits per heavy atom. The first-order valence-corrected chi connectivity index (χ1v) is 6.26. The van der Waals surface area contributed by atoms with Gasteiger partial charge in [0.25, 0.3) is 0 Å². The first kappa shape index (κ1) is 14.6. The third-order valence-electron chi connectivity index (χ3n) is 3.13. The zero-order valence-electron chi connectivity index (χ0n) is 11.6. The number of nitrogens with zero attached hydrogens (tertiary/aromatic N) is 2. The fourth-order valence-corrected chi connectivity index (χ4v) is 1.65. The Bertz CT molecular complexity index is 405. The Morgan fingerprint density at radius 1 is 1.33 bits per heavy atom. The van der Waals surface area contributed by atoms with Crippen LogP contribution in [-0.2, 0) is 17.8 Å². The number of carboxylic acid groups (broad SMARTS) is 1. The summed E-state index contributed by atoms with van der Waals surface area (Å²) in [6, 6.07) is 2.53. The molecule has 0 bridgehead atoms. The summed E-state index contributed by atoms with van der Waals surface area (Å²) < 4.78 is 0. The molecule has 0 aliphatic rings. The summed E-state index contributed by atoms with van der Waals surface area (Å²) in [7, 11) is 2.07. The number of rotatable bonds is 6. The molecular formula is C14H22N2O2. The molecule has 1 unspecified atom stereocenters. The predicted octanol–water partition coefficient (Wildman–Crippen LogP) is 2.19.